The molecule has 5 aromatic rings. The van der Waals surface area contributed by atoms with Crippen molar-refractivity contribution in [1.29, 1.82) is 0 Å². The van der Waals surface area contributed by atoms with Crippen molar-refractivity contribution >= 4 is 22.5 Å². The highest BCUT2D eigenvalue weighted by Gasteiger charge is 2.20. The lowest BCUT2D eigenvalue weighted by Crippen LogP contribution is -2.17. The number of aryl methyl sites for hydroxylation is 2. The van der Waals surface area contributed by atoms with Crippen molar-refractivity contribution in [1.82, 2.24) is 34.7 Å². The molecule has 1 aromatic carbocycles. The number of nitrogens with two attached hydrogens (primary N) is 2. The number of hydrogen-bond donors (Lipinski definition) is 3. The van der Waals surface area contributed by atoms with E-state index < -0.39 is 5.91 Å². The Labute approximate surface area is 193 Å². The van der Waals surface area contributed by atoms with Crippen LogP contribution in [0.3, 0.4) is 0 Å². The Morgan fingerprint density at radius 2 is 2.00 bits per heavy atom. The van der Waals surface area contributed by atoms with Gasteiger partial charge in [0.1, 0.15) is 12.4 Å². The highest BCUT2D eigenvalue weighted by molar-refractivity contribution is 6.05. The molecule has 0 aliphatic carbocycles. The number of aromatic nitrogens is 7. The Kier molecular flexibility index (Phi) is 5.13. The van der Waals surface area contributed by atoms with E-state index in [9.17, 15) is 4.79 Å². The zero-order valence-corrected chi connectivity index (χ0v) is 18.5. The van der Waals surface area contributed by atoms with Crippen LogP contribution in [-0.2, 0) is 13.7 Å². The van der Waals surface area contributed by atoms with Crippen molar-refractivity contribution in [2.75, 3.05) is 5.73 Å². The molecular formula is C23H21N9O2. The maximum absolute atomic E-state index is 12.2. The Hall–Kier alpha value is -4.80. The lowest BCUT2D eigenvalue weighted by atomic mass is 9.94. The molecule has 4 aromatic heterocycles. The highest BCUT2D eigenvalue weighted by atomic mass is 16.5. The second-order valence-electron chi connectivity index (χ2n) is 7.74. The first-order valence-electron chi connectivity index (χ1n) is 10.4. The fraction of sp³-hybridized carbons (Fsp3) is 0.130. The van der Waals surface area contributed by atoms with E-state index in [1.54, 1.807) is 30.7 Å². The molecule has 34 heavy (non-hydrogen) atoms. The number of pyridine rings is 1. The zero-order chi connectivity index (χ0) is 23.8. The van der Waals surface area contributed by atoms with Gasteiger partial charge in [-0.3, -0.25) is 9.89 Å². The number of rotatable bonds is 6. The second-order valence-corrected chi connectivity index (χ2v) is 7.74. The Bertz CT molecular complexity index is 1540. The van der Waals surface area contributed by atoms with Gasteiger partial charge in [-0.25, -0.2) is 15.0 Å². The normalized spacial score (nSPS) is 11.1. The number of H-pyrrole nitrogens is 1. The molecule has 0 fully saturated rings. The third kappa shape index (κ3) is 3.68. The van der Waals surface area contributed by atoms with Gasteiger partial charge in [-0.1, -0.05) is 6.07 Å². The van der Waals surface area contributed by atoms with Gasteiger partial charge in [0.2, 0.25) is 0 Å². The summed E-state index contributed by atoms with van der Waals surface area (Å²) in [6, 6.07) is 7.49. The van der Waals surface area contributed by atoms with Crippen LogP contribution < -0.4 is 16.2 Å². The summed E-state index contributed by atoms with van der Waals surface area (Å²) >= 11 is 0. The van der Waals surface area contributed by atoms with Crippen LogP contribution in [-0.4, -0.2) is 40.6 Å². The maximum atomic E-state index is 12.2. The van der Waals surface area contributed by atoms with Crippen molar-refractivity contribution in [2.24, 2.45) is 12.8 Å². The fourth-order valence-corrected chi connectivity index (χ4v) is 3.78. The van der Waals surface area contributed by atoms with Crippen LogP contribution in [0.5, 0.6) is 6.01 Å². The van der Waals surface area contributed by atoms with E-state index >= 15 is 0 Å². The topological polar surface area (TPSA) is 164 Å². The highest BCUT2D eigenvalue weighted by Crippen LogP contribution is 2.37. The molecule has 0 saturated carbocycles. The maximum Gasteiger partial charge on any atom is 0.317 e. The number of amides is 1. The SMILES string of the molecule is Cc1ccc2[nH]ncc2c1-c1cc(-c2ccnc(OCc3nccn3C)n2)nc(C(N)=O)c1N. The summed E-state index contributed by atoms with van der Waals surface area (Å²) in [5.41, 5.74) is 16.2. The minimum absolute atomic E-state index is 0.0403. The van der Waals surface area contributed by atoms with Gasteiger partial charge >= 0.3 is 6.01 Å². The van der Waals surface area contributed by atoms with Crippen LogP contribution in [0.1, 0.15) is 21.9 Å². The molecule has 0 bridgehead atoms. The predicted molar refractivity (Wildman–Crippen MR) is 126 cm³/mol. The largest absolute Gasteiger partial charge is 0.455 e. The third-order valence-electron chi connectivity index (χ3n) is 5.54. The monoisotopic (exact) mass is 455 g/mol. The Balaban J connectivity index is 1.61. The Morgan fingerprint density at radius 3 is 2.76 bits per heavy atom. The van der Waals surface area contributed by atoms with Gasteiger partial charge in [-0.2, -0.15) is 10.1 Å². The van der Waals surface area contributed by atoms with Gasteiger partial charge in [0.25, 0.3) is 5.91 Å². The molecule has 1 amide bonds. The number of nitrogen functional groups attached to an aromatic ring is 1. The molecule has 0 spiro atoms. The third-order valence-corrected chi connectivity index (χ3v) is 5.54. The number of anilines is 1. The molecule has 4 heterocycles. The molecule has 11 heteroatoms. The molecule has 5 N–H and O–H groups in total. The first-order chi connectivity index (χ1) is 16.4. The van der Waals surface area contributed by atoms with E-state index in [1.165, 1.54) is 0 Å². The molecule has 11 nitrogen and oxygen atoms in total. The van der Waals surface area contributed by atoms with Crippen LogP contribution in [0, 0.1) is 6.92 Å². The van der Waals surface area contributed by atoms with E-state index in [0.29, 0.717) is 17.0 Å². The number of hydrogen-bond acceptors (Lipinski definition) is 8. The summed E-state index contributed by atoms with van der Waals surface area (Å²) in [6.45, 7) is 2.15. The van der Waals surface area contributed by atoms with Crippen molar-refractivity contribution in [3.63, 3.8) is 0 Å². The van der Waals surface area contributed by atoms with Gasteiger partial charge in [0.05, 0.1) is 28.8 Å². The number of primary amides is 1. The average Bonchev–Trinajstić information content (AvgIpc) is 3.47. The zero-order valence-electron chi connectivity index (χ0n) is 18.5. The Morgan fingerprint density at radius 1 is 1.15 bits per heavy atom. The van der Waals surface area contributed by atoms with Crippen LogP contribution in [0.4, 0.5) is 5.69 Å². The minimum atomic E-state index is -0.738. The summed E-state index contributed by atoms with van der Waals surface area (Å²) in [5.74, 6) is -0.0143. The number of aromatic amines is 1. The number of carbonyl (C=O) groups excluding carboxylic acids is 1. The van der Waals surface area contributed by atoms with Crippen LogP contribution >= 0.6 is 0 Å². The van der Waals surface area contributed by atoms with Crippen molar-refractivity contribution < 1.29 is 9.53 Å². The van der Waals surface area contributed by atoms with Crippen LogP contribution in [0.25, 0.3) is 33.4 Å². The number of carbonyl (C=O) groups is 1. The molecule has 0 radical (unpaired) electrons. The molecule has 170 valence electrons. The summed E-state index contributed by atoms with van der Waals surface area (Å²) in [6.07, 6.45) is 6.78. The summed E-state index contributed by atoms with van der Waals surface area (Å²) in [5, 5.41) is 7.96. The summed E-state index contributed by atoms with van der Waals surface area (Å²) in [7, 11) is 1.87. The molecule has 0 unspecified atom stereocenters. The molecular weight excluding hydrogens is 434 g/mol. The van der Waals surface area contributed by atoms with E-state index in [2.05, 4.69) is 30.1 Å². The number of nitrogens with zero attached hydrogens (tertiary/aromatic N) is 6. The second kappa shape index (κ2) is 8.28. The number of fused-ring (bicyclic) bond motifs is 1. The van der Waals surface area contributed by atoms with E-state index in [-0.39, 0.29) is 24.0 Å². The van der Waals surface area contributed by atoms with E-state index in [4.69, 9.17) is 16.2 Å². The average molecular weight is 455 g/mol. The van der Waals surface area contributed by atoms with Gasteiger partial charge < -0.3 is 20.8 Å². The van der Waals surface area contributed by atoms with Gasteiger partial charge in [-0.05, 0) is 36.2 Å². The predicted octanol–water partition coefficient (Wildman–Crippen LogP) is 2.38. The lowest BCUT2D eigenvalue weighted by Gasteiger charge is -2.15. The molecule has 0 aliphatic rings. The van der Waals surface area contributed by atoms with Gasteiger partial charge in [0, 0.05) is 36.6 Å². The molecule has 0 saturated heterocycles. The van der Waals surface area contributed by atoms with Crippen LogP contribution in [0.2, 0.25) is 0 Å². The van der Waals surface area contributed by atoms with Gasteiger partial charge in [-0.15, -0.1) is 0 Å². The molecule has 0 aliphatic heterocycles. The standard InChI is InChI=1S/C23H21N9O2/c1-12-3-4-15-14(10-28-31-15)19(12)13-9-17(29-21(20(13)24)22(25)33)16-5-6-27-23(30-16)34-11-18-26-7-8-32(18)2/h3-10H,11,24H2,1-2H3,(H2,25,33)(H,28,31). The smallest absolute Gasteiger partial charge is 0.317 e. The lowest BCUT2D eigenvalue weighted by molar-refractivity contribution is 0.0996. The number of benzene rings is 1. The number of nitrogens with one attached hydrogen (secondary N) is 1. The number of imidazole rings is 1. The number of ether oxygens (including phenoxy) is 1. The van der Waals surface area contributed by atoms with Crippen molar-refractivity contribution in [3.8, 4) is 28.5 Å². The van der Waals surface area contributed by atoms with Crippen molar-refractivity contribution in [3.05, 3.63) is 66.1 Å². The molecule has 5 rings (SSSR count). The minimum Gasteiger partial charge on any atom is -0.455 e. The summed E-state index contributed by atoms with van der Waals surface area (Å²) < 4.78 is 7.56. The van der Waals surface area contributed by atoms with Crippen LogP contribution in [0.15, 0.2) is 49.1 Å². The first kappa shape index (κ1) is 21.1. The quantitative estimate of drug-likeness (QED) is 0.351. The van der Waals surface area contributed by atoms with E-state index in [0.717, 1.165) is 27.9 Å². The fourth-order valence-electron chi connectivity index (χ4n) is 3.78. The first-order valence-corrected chi connectivity index (χ1v) is 10.4. The van der Waals surface area contributed by atoms with E-state index in [1.807, 2.05) is 36.9 Å². The van der Waals surface area contributed by atoms with Crippen molar-refractivity contribution in [2.45, 2.75) is 13.5 Å². The summed E-state index contributed by atoms with van der Waals surface area (Å²) in [4.78, 5) is 29.5. The van der Waals surface area contributed by atoms with Gasteiger partial charge in [0.15, 0.2) is 5.69 Å². The molecule has 0 atom stereocenters.